The molecule has 3 rings (SSSR count). The number of amides is 1. The molecule has 22 heavy (non-hydrogen) atoms. The van der Waals surface area contributed by atoms with Crippen molar-refractivity contribution in [3.8, 4) is 10.7 Å². The molecule has 0 aliphatic heterocycles. The summed E-state index contributed by atoms with van der Waals surface area (Å²) in [5, 5.41) is 12.3. The van der Waals surface area contributed by atoms with Crippen LogP contribution >= 0.6 is 23.6 Å². The lowest BCUT2D eigenvalue weighted by molar-refractivity contribution is -0.125. The van der Waals surface area contributed by atoms with Gasteiger partial charge in [0, 0.05) is 5.54 Å². The molecule has 0 aromatic carbocycles. The van der Waals surface area contributed by atoms with Crippen molar-refractivity contribution >= 4 is 29.5 Å². The van der Waals surface area contributed by atoms with E-state index in [0.717, 1.165) is 23.5 Å². The highest BCUT2D eigenvalue weighted by Crippen LogP contribution is 2.30. The van der Waals surface area contributed by atoms with Crippen LogP contribution in [0.5, 0.6) is 0 Å². The molecule has 0 saturated heterocycles. The minimum absolute atomic E-state index is 0.000272. The van der Waals surface area contributed by atoms with Gasteiger partial charge in [-0.2, -0.15) is 5.10 Å². The average molecular weight is 336 g/mol. The van der Waals surface area contributed by atoms with Crippen molar-refractivity contribution in [2.24, 2.45) is 0 Å². The van der Waals surface area contributed by atoms with E-state index in [2.05, 4.69) is 22.4 Å². The maximum Gasteiger partial charge on any atom is 0.243 e. The Balaban J connectivity index is 1.86. The molecule has 2 aromatic rings. The van der Waals surface area contributed by atoms with E-state index in [-0.39, 0.29) is 17.5 Å². The van der Waals surface area contributed by atoms with E-state index in [4.69, 9.17) is 12.2 Å². The quantitative estimate of drug-likeness (QED) is 0.837. The van der Waals surface area contributed by atoms with Crippen LogP contribution in [0.1, 0.15) is 45.6 Å². The molecule has 0 radical (unpaired) electrons. The van der Waals surface area contributed by atoms with E-state index in [1.807, 2.05) is 24.4 Å². The second-order valence-electron chi connectivity index (χ2n) is 6.13. The third kappa shape index (κ3) is 2.87. The summed E-state index contributed by atoms with van der Waals surface area (Å²) in [5.74, 6) is 0.721. The Bertz CT molecular complexity index is 710. The van der Waals surface area contributed by atoms with Crippen molar-refractivity contribution in [1.82, 2.24) is 20.1 Å². The number of rotatable bonds is 4. The Kier molecular flexibility index (Phi) is 4.18. The van der Waals surface area contributed by atoms with E-state index in [1.165, 1.54) is 12.8 Å². The first kappa shape index (κ1) is 15.4. The molecule has 0 spiro atoms. The zero-order chi connectivity index (χ0) is 15.7. The van der Waals surface area contributed by atoms with Crippen molar-refractivity contribution in [3.05, 3.63) is 22.3 Å². The second-order valence-corrected chi connectivity index (χ2v) is 7.47. The predicted molar refractivity (Wildman–Crippen MR) is 90.5 cm³/mol. The largest absolute Gasteiger partial charge is 0.349 e. The normalized spacial score (nSPS) is 18.3. The average Bonchev–Trinajstić information content (AvgIpc) is 3.18. The van der Waals surface area contributed by atoms with Gasteiger partial charge in [0.05, 0.1) is 4.88 Å². The van der Waals surface area contributed by atoms with Crippen molar-refractivity contribution < 1.29 is 4.79 Å². The molecule has 2 N–H and O–H groups in total. The Hall–Kier alpha value is -1.47. The summed E-state index contributed by atoms with van der Waals surface area (Å²) in [5.41, 5.74) is -0.0830. The number of carbonyl (C=O) groups excluding carboxylic acids is 1. The van der Waals surface area contributed by atoms with Crippen LogP contribution in [-0.4, -0.2) is 26.2 Å². The number of nitrogens with one attached hydrogen (secondary N) is 2. The zero-order valence-corrected chi connectivity index (χ0v) is 14.4. The van der Waals surface area contributed by atoms with Crippen LogP contribution in [0.3, 0.4) is 0 Å². The molecule has 0 unspecified atom stereocenters. The van der Waals surface area contributed by atoms with Crippen LogP contribution in [0.4, 0.5) is 0 Å². The molecule has 1 fully saturated rings. The summed E-state index contributed by atoms with van der Waals surface area (Å²) in [6, 6.07) is 3.56. The maximum atomic E-state index is 12.7. The molecule has 1 amide bonds. The number of nitrogens with zero attached hydrogens (tertiary/aromatic N) is 2. The highest BCUT2D eigenvalue weighted by Gasteiger charge is 2.32. The minimum Gasteiger partial charge on any atom is -0.349 e. The summed E-state index contributed by atoms with van der Waals surface area (Å²) >= 11 is 6.91. The minimum atomic E-state index is -0.388. The van der Waals surface area contributed by atoms with E-state index >= 15 is 0 Å². The van der Waals surface area contributed by atoms with Gasteiger partial charge >= 0.3 is 0 Å². The van der Waals surface area contributed by atoms with E-state index in [1.54, 1.807) is 15.9 Å². The first-order valence-electron chi connectivity index (χ1n) is 7.53. The van der Waals surface area contributed by atoms with Gasteiger partial charge in [0.1, 0.15) is 6.04 Å². The molecule has 2 heterocycles. The lowest BCUT2D eigenvalue weighted by atomic mass is 10.0. The van der Waals surface area contributed by atoms with Crippen molar-refractivity contribution in [1.29, 1.82) is 0 Å². The fourth-order valence-corrected chi connectivity index (χ4v) is 4.04. The predicted octanol–water partition coefficient (Wildman–Crippen LogP) is 3.68. The van der Waals surface area contributed by atoms with Gasteiger partial charge < -0.3 is 5.32 Å². The van der Waals surface area contributed by atoms with Crippen LogP contribution < -0.4 is 5.32 Å². The van der Waals surface area contributed by atoms with Gasteiger partial charge in [0.15, 0.2) is 10.6 Å². The summed E-state index contributed by atoms with van der Waals surface area (Å²) < 4.78 is 2.28. The topological polar surface area (TPSA) is 62.7 Å². The van der Waals surface area contributed by atoms with Crippen molar-refractivity contribution in [3.63, 3.8) is 0 Å². The number of H-pyrrole nitrogens is 1. The van der Waals surface area contributed by atoms with Gasteiger partial charge in [-0.25, -0.2) is 0 Å². The number of aromatic amines is 1. The Morgan fingerprint density at radius 2 is 2.27 bits per heavy atom. The summed E-state index contributed by atoms with van der Waals surface area (Å²) in [6.45, 7) is 4.00. The zero-order valence-electron chi connectivity index (χ0n) is 12.8. The molecule has 1 aliphatic carbocycles. The van der Waals surface area contributed by atoms with Gasteiger partial charge in [0.2, 0.25) is 5.91 Å². The fourth-order valence-electron chi connectivity index (χ4n) is 3.04. The lowest BCUT2D eigenvalue weighted by Gasteiger charge is -2.27. The first-order chi connectivity index (χ1) is 10.5. The van der Waals surface area contributed by atoms with Crippen LogP contribution in [0.2, 0.25) is 0 Å². The van der Waals surface area contributed by atoms with E-state index in [9.17, 15) is 4.79 Å². The van der Waals surface area contributed by atoms with E-state index < -0.39 is 0 Å². The van der Waals surface area contributed by atoms with Gasteiger partial charge in [-0.1, -0.05) is 18.9 Å². The molecule has 7 heteroatoms. The summed E-state index contributed by atoms with van der Waals surface area (Å²) in [4.78, 5) is 13.7. The first-order valence-corrected chi connectivity index (χ1v) is 8.82. The highest BCUT2D eigenvalue weighted by atomic mass is 32.1. The number of aromatic nitrogens is 3. The van der Waals surface area contributed by atoms with Gasteiger partial charge in [-0.05, 0) is 50.4 Å². The molecule has 1 saturated carbocycles. The maximum absolute atomic E-state index is 12.7. The van der Waals surface area contributed by atoms with Gasteiger partial charge in [0.25, 0.3) is 0 Å². The Morgan fingerprint density at radius 1 is 1.55 bits per heavy atom. The third-order valence-corrected chi connectivity index (χ3v) is 5.50. The molecule has 118 valence electrons. The molecule has 1 atom stereocenters. The van der Waals surface area contributed by atoms with Gasteiger partial charge in [-0.15, -0.1) is 11.3 Å². The van der Waals surface area contributed by atoms with Crippen molar-refractivity contribution in [2.45, 2.75) is 51.1 Å². The Morgan fingerprint density at radius 3 is 2.91 bits per heavy atom. The molecular weight excluding hydrogens is 316 g/mol. The summed E-state index contributed by atoms with van der Waals surface area (Å²) in [7, 11) is 0. The molecule has 0 bridgehead atoms. The number of thiophene rings is 1. The fraction of sp³-hybridized carbons (Fsp3) is 0.533. The number of hydrogen-bond acceptors (Lipinski definition) is 4. The Labute approximate surface area is 138 Å². The molecule has 2 aromatic heterocycles. The summed E-state index contributed by atoms with van der Waals surface area (Å²) in [6.07, 6.45) is 4.44. The SMILES string of the molecule is C[C@@H](C(=O)NC1(C)CCCC1)n1c(-c2cccs2)n[nH]c1=S. The van der Waals surface area contributed by atoms with E-state index in [0.29, 0.717) is 4.77 Å². The monoisotopic (exact) mass is 336 g/mol. The molecule has 1 aliphatic rings. The van der Waals surface area contributed by atoms with Crippen molar-refractivity contribution in [2.75, 3.05) is 0 Å². The highest BCUT2D eigenvalue weighted by molar-refractivity contribution is 7.71. The molecule has 5 nitrogen and oxygen atoms in total. The van der Waals surface area contributed by atoms with Crippen LogP contribution in [-0.2, 0) is 4.79 Å². The third-order valence-electron chi connectivity index (χ3n) is 4.34. The standard InChI is InChI=1S/C15H20N4OS2/c1-10(13(20)16-15(2)7-3-4-8-15)19-12(17-18-14(19)21)11-6-5-9-22-11/h5-6,9-10H,3-4,7-8H2,1-2H3,(H,16,20)(H,18,21)/t10-/m0/s1. The van der Waals surface area contributed by atoms with Gasteiger partial charge in [-0.3, -0.25) is 14.5 Å². The second kappa shape index (κ2) is 5.96. The van der Waals surface area contributed by atoms with Crippen LogP contribution in [0.15, 0.2) is 17.5 Å². The lowest BCUT2D eigenvalue weighted by Crippen LogP contribution is -2.46. The van der Waals surface area contributed by atoms with Crippen LogP contribution in [0.25, 0.3) is 10.7 Å². The smallest absolute Gasteiger partial charge is 0.243 e. The number of hydrogen-bond donors (Lipinski definition) is 2. The van der Waals surface area contributed by atoms with Crippen LogP contribution in [0, 0.1) is 4.77 Å². The molecular formula is C15H20N4OS2. The number of carbonyl (C=O) groups is 1.